The minimum atomic E-state index is 0.576. The van der Waals surface area contributed by atoms with Gasteiger partial charge in [0.1, 0.15) is 0 Å². The monoisotopic (exact) mass is 264 g/mol. The van der Waals surface area contributed by atoms with Gasteiger partial charge in [-0.05, 0) is 37.7 Å². The molecule has 1 aliphatic heterocycles. The molecule has 18 heavy (non-hydrogen) atoms. The van der Waals surface area contributed by atoms with Gasteiger partial charge in [0.05, 0.1) is 0 Å². The molecule has 2 nitrogen and oxygen atoms in total. The van der Waals surface area contributed by atoms with E-state index in [1.54, 1.807) is 0 Å². The Hall–Kier alpha value is -0.670. The number of nitrogens with one attached hydrogen (secondary N) is 1. The van der Waals surface area contributed by atoms with Crippen molar-refractivity contribution in [3.8, 4) is 0 Å². The SMILES string of the molecule is CSCC(C)NCc1ccccc1N1CCCC1. The number of hydrogen-bond donors (Lipinski definition) is 1. The van der Waals surface area contributed by atoms with E-state index in [1.165, 1.54) is 42.9 Å². The molecule has 0 amide bonds. The number of benzene rings is 1. The van der Waals surface area contributed by atoms with Gasteiger partial charge in [-0.25, -0.2) is 0 Å². The Morgan fingerprint density at radius 1 is 1.28 bits per heavy atom. The van der Waals surface area contributed by atoms with E-state index in [9.17, 15) is 0 Å². The van der Waals surface area contributed by atoms with E-state index in [4.69, 9.17) is 0 Å². The third-order valence-electron chi connectivity index (χ3n) is 3.50. The average Bonchev–Trinajstić information content (AvgIpc) is 2.91. The quantitative estimate of drug-likeness (QED) is 0.850. The summed E-state index contributed by atoms with van der Waals surface area (Å²) in [6, 6.07) is 9.40. The molecule has 0 bridgehead atoms. The van der Waals surface area contributed by atoms with Crippen LogP contribution in [-0.4, -0.2) is 31.1 Å². The minimum Gasteiger partial charge on any atom is -0.371 e. The summed E-state index contributed by atoms with van der Waals surface area (Å²) in [5.41, 5.74) is 2.87. The molecule has 1 aliphatic rings. The molecule has 1 N–H and O–H groups in total. The molecular formula is C15H24N2S. The van der Waals surface area contributed by atoms with Gasteiger partial charge in [-0.1, -0.05) is 18.2 Å². The molecule has 3 heteroatoms. The lowest BCUT2D eigenvalue weighted by Gasteiger charge is -2.22. The third-order valence-corrected chi connectivity index (χ3v) is 4.33. The van der Waals surface area contributed by atoms with E-state index in [1.807, 2.05) is 11.8 Å². The number of thioether (sulfide) groups is 1. The van der Waals surface area contributed by atoms with Gasteiger partial charge in [-0.2, -0.15) is 11.8 Å². The smallest absolute Gasteiger partial charge is 0.0411 e. The van der Waals surface area contributed by atoms with Crippen molar-refractivity contribution in [2.75, 3.05) is 30.0 Å². The molecule has 1 atom stereocenters. The van der Waals surface area contributed by atoms with Crippen LogP contribution in [0.5, 0.6) is 0 Å². The molecule has 1 saturated heterocycles. The summed E-state index contributed by atoms with van der Waals surface area (Å²) in [7, 11) is 0. The van der Waals surface area contributed by atoms with Gasteiger partial charge in [0.25, 0.3) is 0 Å². The van der Waals surface area contributed by atoms with Crippen molar-refractivity contribution in [3.05, 3.63) is 29.8 Å². The molecule has 1 aromatic carbocycles. The summed E-state index contributed by atoms with van der Waals surface area (Å²) in [4.78, 5) is 2.52. The molecule has 1 fully saturated rings. The number of nitrogens with zero attached hydrogens (tertiary/aromatic N) is 1. The Labute approximate surface area is 115 Å². The van der Waals surface area contributed by atoms with E-state index in [-0.39, 0.29) is 0 Å². The first-order chi connectivity index (χ1) is 8.81. The molecule has 1 unspecified atom stereocenters. The standard InChI is InChI=1S/C15H24N2S/c1-13(12-18-2)16-11-14-7-3-4-8-15(14)17-9-5-6-10-17/h3-4,7-8,13,16H,5-6,9-12H2,1-2H3. The first kappa shape index (κ1) is 13.8. The zero-order valence-corrected chi connectivity index (χ0v) is 12.3. The van der Waals surface area contributed by atoms with Gasteiger partial charge in [0, 0.05) is 37.1 Å². The average molecular weight is 264 g/mol. The summed E-state index contributed by atoms with van der Waals surface area (Å²) >= 11 is 1.90. The largest absolute Gasteiger partial charge is 0.371 e. The molecule has 100 valence electrons. The zero-order chi connectivity index (χ0) is 12.8. The maximum Gasteiger partial charge on any atom is 0.0411 e. The van der Waals surface area contributed by atoms with Gasteiger partial charge in [-0.3, -0.25) is 0 Å². The molecule has 1 heterocycles. The molecular weight excluding hydrogens is 240 g/mol. The fraction of sp³-hybridized carbons (Fsp3) is 0.600. The summed E-state index contributed by atoms with van der Waals surface area (Å²) in [5, 5.41) is 3.62. The van der Waals surface area contributed by atoms with Crippen LogP contribution in [0, 0.1) is 0 Å². The van der Waals surface area contributed by atoms with Crippen molar-refractivity contribution in [2.24, 2.45) is 0 Å². The summed E-state index contributed by atoms with van der Waals surface area (Å²) in [5.74, 6) is 1.17. The fourth-order valence-corrected chi connectivity index (χ4v) is 3.14. The third kappa shape index (κ3) is 3.66. The summed E-state index contributed by atoms with van der Waals surface area (Å²) < 4.78 is 0. The summed E-state index contributed by atoms with van der Waals surface area (Å²) in [6.07, 6.45) is 4.84. The Bertz CT molecular complexity index is 361. The zero-order valence-electron chi connectivity index (χ0n) is 11.5. The highest BCUT2D eigenvalue weighted by Gasteiger charge is 2.15. The normalized spacial score (nSPS) is 17.1. The first-order valence-corrected chi connectivity index (χ1v) is 8.26. The Morgan fingerprint density at radius 2 is 2.00 bits per heavy atom. The maximum absolute atomic E-state index is 3.62. The summed E-state index contributed by atoms with van der Waals surface area (Å²) in [6.45, 7) is 5.68. The van der Waals surface area contributed by atoms with Crippen LogP contribution in [0.2, 0.25) is 0 Å². The van der Waals surface area contributed by atoms with Crippen LogP contribution in [0.1, 0.15) is 25.3 Å². The lowest BCUT2D eigenvalue weighted by molar-refractivity contribution is 0.595. The van der Waals surface area contributed by atoms with E-state index >= 15 is 0 Å². The molecule has 1 aromatic rings. The minimum absolute atomic E-state index is 0.576. The van der Waals surface area contributed by atoms with E-state index in [0.29, 0.717) is 6.04 Å². The topological polar surface area (TPSA) is 15.3 Å². The van der Waals surface area contributed by atoms with Crippen LogP contribution in [0.15, 0.2) is 24.3 Å². The van der Waals surface area contributed by atoms with Crippen LogP contribution in [-0.2, 0) is 6.54 Å². The highest BCUT2D eigenvalue weighted by molar-refractivity contribution is 7.98. The van der Waals surface area contributed by atoms with Gasteiger partial charge >= 0.3 is 0 Å². The van der Waals surface area contributed by atoms with E-state index in [2.05, 4.69) is 47.7 Å². The molecule has 0 aliphatic carbocycles. The van der Waals surface area contributed by atoms with Crippen molar-refractivity contribution >= 4 is 17.4 Å². The molecule has 2 rings (SSSR count). The number of hydrogen-bond acceptors (Lipinski definition) is 3. The highest BCUT2D eigenvalue weighted by Crippen LogP contribution is 2.24. The lowest BCUT2D eigenvalue weighted by Crippen LogP contribution is -2.29. The molecule has 0 radical (unpaired) electrons. The maximum atomic E-state index is 3.62. The lowest BCUT2D eigenvalue weighted by atomic mass is 10.1. The molecule has 0 saturated carbocycles. The van der Waals surface area contributed by atoms with Crippen molar-refractivity contribution in [3.63, 3.8) is 0 Å². The van der Waals surface area contributed by atoms with Crippen molar-refractivity contribution in [2.45, 2.75) is 32.4 Å². The number of anilines is 1. The van der Waals surface area contributed by atoms with Crippen LogP contribution in [0.4, 0.5) is 5.69 Å². The second-order valence-electron chi connectivity index (χ2n) is 5.06. The second kappa shape index (κ2) is 7.05. The van der Waals surface area contributed by atoms with Crippen LogP contribution in [0.25, 0.3) is 0 Å². The van der Waals surface area contributed by atoms with Crippen LogP contribution < -0.4 is 10.2 Å². The first-order valence-electron chi connectivity index (χ1n) is 6.86. The van der Waals surface area contributed by atoms with Gasteiger partial charge < -0.3 is 10.2 Å². The van der Waals surface area contributed by atoms with Crippen LogP contribution in [0.3, 0.4) is 0 Å². The van der Waals surface area contributed by atoms with Crippen molar-refractivity contribution < 1.29 is 0 Å². The van der Waals surface area contributed by atoms with Crippen molar-refractivity contribution in [1.29, 1.82) is 0 Å². The number of para-hydroxylation sites is 1. The Morgan fingerprint density at radius 3 is 2.72 bits per heavy atom. The van der Waals surface area contributed by atoms with Gasteiger partial charge in [-0.15, -0.1) is 0 Å². The molecule has 0 aromatic heterocycles. The predicted octanol–water partition coefficient (Wildman–Crippen LogP) is 3.13. The highest BCUT2D eigenvalue weighted by atomic mass is 32.2. The van der Waals surface area contributed by atoms with Gasteiger partial charge in [0.2, 0.25) is 0 Å². The van der Waals surface area contributed by atoms with E-state index < -0.39 is 0 Å². The number of rotatable bonds is 6. The van der Waals surface area contributed by atoms with Gasteiger partial charge in [0.15, 0.2) is 0 Å². The fourth-order valence-electron chi connectivity index (χ4n) is 2.52. The predicted molar refractivity (Wildman–Crippen MR) is 82.6 cm³/mol. The second-order valence-corrected chi connectivity index (χ2v) is 5.97. The van der Waals surface area contributed by atoms with Crippen LogP contribution >= 0.6 is 11.8 Å². The van der Waals surface area contributed by atoms with E-state index in [0.717, 1.165) is 6.54 Å². The Kier molecular flexibility index (Phi) is 5.39. The van der Waals surface area contributed by atoms with Crippen molar-refractivity contribution in [1.82, 2.24) is 5.32 Å². The molecule has 0 spiro atoms. The Balaban J connectivity index is 1.98.